The normalized spacial score (nSPS) is 12.4. The van der Waals surface area contributed by atoms with E-state index < -0.39 is 0 Å². The summed E-state index contributed by atoms with van der Waals surface area (Å²) in [6.07, 6.45) is 2.25. The fourth-order valence-corrected chi connectivity index (χ4v) is 2.60. The van der Waals surface area contributed by atoms with Gasteiger partial charge in [-0.05, 0) is 47.7 Å². The van der Waals surface area contributed by atoms with Crippen LogP contribution in [0.2, 0.25) is 5.02 Å². The van der Waals surface area contributed by atoms with Crippen molar-refractivity contribution in [3.63, 3.8) is 0 Å². The van der Waals surface area contributed by atoms with Gasteiger partial charge in [-0.15, -0.1) is 0 Å². The quantitative estimate of drug-likeness (QED) is 0.649. The van der Waals surface area contributed by atoms with E-state index in [9.17, 15) is 0 Å². The summed E-state index contributed by atoms with van der Waals surface area (Å²) < 4.78 is 0. The molecule has 0 amide bonds. The van der Waals surface area contributed by atoms with Gasteiger partial charge in [0.1, 0.15) is 0 Å². The molecule has 1 atom stereocenters. The fourth-order valence-electron chi connectivity index (χ4n) is 2.47. The molecule has 0 fully saturated rings. The number of hydrogen-bond donors (Lipinski definition) is 1. The number of hydrogen-bond acceptors (Lipinski definition) is 1. The minimum atomic E-state index is 0.331. The third-order valence-electron chi connectivity index (χ3n) is 3.77. The smallest absolute Gasteiger partial charge is 0.0513 e. The summed E-state index contributed by atoms with van der Waals surface area (Å²) in [5.41, 5.74) is 3.83. The highest BCUT2D eigenvalue weighted by Gasteiger charge is 2.10. The fraction of sp³-hybridized carbons (Fsp3) is 0.368. The summed E-state index contributed by atoms with van der Waals surface area (Å²) >= 11 is 5.98. The SMILES string of the molecule is CCCC(Nc1ccc(C(C)C)cc1)c1ccc(Cl)cc1. The zero-order valence-corrected chi connectivity index (χ0v) is 13.8. The van der Waals surface area contributed by atoms with Crippen molar-refractivity contribution >= 4 is 17.3 Å². The molecule has 0 bridgehead atoms. The van der Waals surface area contributed by atoms with E-state index >= 15 is 0 Å². The Labute approximate surface area is 133 Å². The van der Waals surface area contributed by atoms with Crippen LogP contribution < -0.4 is 5.32 Å². The molecule has 0 aromatic heterocycles. The minimum absolute atomic E-state index is 0.331. The second-order valence-electron chi connectivity index (χ2n) is 5.81. The Morgan fingerprint density at radius 1 is 0.905 bits per heavy atom. The summed E-state index contributed by atoms with van der Waals surface area (Å²) in [4.78, 5) is 0. The van der Waals surface area contributed by atoms with Crippen molar-refractivity contribution in [2.24, 2.45) is 0 Å². The molecular weight excluding hydrogens is 278 g/mol. The highest BCUT2D eigenvalue weighted by atomic mass is 35.5. The van der Waals surface area contributed by atoms with Crippen molar-refractivity contribution in [1.29, 1.82) is 0 Å². The van der Waals surface area contributed by atoms with Crippen LogP contribution in [0.1, 0.15) is 56.7 Å². The van der Waals surface area contributed by atoms with Crippen LogP contribution in [0.15, 0.2) is 48.5 Å². The number of halogens is 1. The summed E-state index contributed by atoms with van der Waals surface area (Å²) in [6, 6.07) is 17.2. The van der Waals surface area contributed by atoms with Gasteiger partial charge in [0.25, 0.3) is 0 Å². The summed E-state index contributed by atoms with van der Waals surface area (Å²) in [5.74, 6) is 0.571. The first-order valence-electron chi connectivity index (χ1n) is 7.72. The molecule has 112 valence electrons. The van der Waals surface area contributed by atoms with Gasteiger partial charge in [-0.1, -0.05) is 63.1 Å². The maximum atomic E-state index is 5.98. The van der Waals surface area contributed by atoms with Crippen LogP contribution in [-0.4, -0.2) is 0 Å². The zero-order chi connectivity index (χ0) is 15.2. The minimum Gasteiger partial charge on any atom is -0.378 e. The van der Waals surface area contributed by atoms with Crippen molar-refractivity contribution in [2.45, 2.75) is 45.6 Å². The Morgan fingerprint density at radius 3 is 2.00 bits per heavy atom. The van der Waals surface area contributed by atoms with Gasteiger partial charge < -0.3 is 5.32 Å². The number of nitrogens with one attached hydrogen (secondary N) is 1. The first kappa shape index (κ1) is 15.9. The molecule has 1 unspecified atom stereocenters. The van der Waals surface area contributed by atoms with E-state index in [0.29, 0.717) is 12.0 Å². The standard InChI is InChI=1S/C19H24ClN/c1-4-5-19(16-6-10-17(20)11-7-16)21-18-12-8-15(9-13-18)14(2)3/h6-14,19,21H,4-5H2,1-3H3. The van der Waals surface area contributed by atoms with E-state index in [0.717, 1.165) is 17.9 Å². The first-order chi connectivity index (χ1) is 10.1. The maximum Gasteiger partial charge on any atom is 0.0513 e. The van der Waals surface area contributed by atoms with E-state index in [1.54, 1.807) is 0 Å². The summed E-state index contributed by atoms with van der Waals surface area (Å²) in [6.45, 7) is 6.65. The van der Waals surface area contributed by atoms with Crippen LogP contribution in [-0.2, 0) is 0 Å². The van der Waals surface area contributed by atoms with Crippen LogP contribution in [0, 0.1) is 0 Å². The van der Waals surface area contributed by atoms with Crippen molar-refractivity contribution in [2.75, 3.05) is 5.32 Å². The van der Waals surface area contributed by atoms with Crippen LogP contribution in [0.4, 0.5) is 5.69 Å². The molecule has 0 spiro atoms. The monoisotopic (exact) mass is 301 g/mol. The highest BCUT2D eigenvalue weighted by molar-refractivity contribution is 6.30. The molecular formula is C19H24ClN. The van der Waals surface area contributed by atoms with Crippen LogP contribution in [0.3, 0.4) is 0 Å². The van der Waals surface area contributed by atoms with Crippen molar-refractivity contribution in [1.82, 2.24) is 0 Å². The molecule has 0 heterocycles. The number of rotatable bonds is 6. The van der Waals surface area contributed by atoms with Gasteiger partial charge in [0.05, 0.1) is 6.04 Å². The lowest BCUT2D eigenvalue weighted by Crippen LogP contribution is -2.10. The Hall–Kier alpha value is -1.47. The molecule has 0 saturated carbocycles. The van der Waals surface area contributed by atoms with Crippen molar-refractivity contribution in [3.8, 4) is 0 Å². The van der Waals surface area contributed by atoms with E-state index in [1.165, 1.54) is 16.8 Å². The molecule has 21 heavy (non-hydrogen) atoms. The first-order valence-corrected chi connectivity index (χ1v) is 8.10. The Kier molecular flexibility index (Phi) is 5.69. The van der Waals surface area contributed by atoms with Gasteiger partial charge in [-0.3, -0.25) is 0 Å². The number of anilines is 1. The van der Waals surface area contributed by atoms with E-state index in [-0.39, 0.29) is 0 Å². The van der Waals surface area contributed by atoms with Gasteiger partial charge in [0, 0.05) is 10.7 Å². The molecule has 2 heteroatoms. The average Bonchev–Trinajstić information content (AvgIpc) is 2.48. The summed E-state index contributed by atoms with van der Waals surface area (Å²) in [5, 5.41) is 4.43. The second kappa shape index (κ2) is 7.51. The summed E-state index contributed by atoms with van der Waals surface area (Å²) in [7, 11) is 0. The topological polar surface area (TPSA) is 12.0 Å². The predicted molar refractivity (Wildman–Crippen MR) is 93.3 cm³/mol. The molecule has 2 aromatic carbocycles. The van der Waals surface area contributed by atoms with Crippen LogP contribution in [0.25, 0.3) is 0 Å². The number of benzene rings is 2. The van der Waals surface area contributed by atoms with Crippen molar-refractivity contribution in [3.05, 3.63) is 64.7 Å². The van der Waals surface area contributed by atoms with Crippen LogP contribution >= 0.6 is 11.6 Å². The third-order valence-corrected chi connectivity index (χ3v) is 4.02. The van der Waals surface area contributed by atoms with Crippen LogP contribution in [0.5, 0.6) is 0 Å². The molecule has 2 rings (SSSR count). The maximum absolute atomic E-state index is 5.98. The van der Waals surface area contributed by atoms with E-state index in [1.807, 2.05) is 12.1 Å². The largest absolute Gasteiger partial charge is 0.378 e. The molecule has 0 aliphatic heterocycles. The Morgan fingerprint density at radius 2 is 1.48 bits per heavy atom. The second-order valence-corrected chi connectivity index (χ2v) is 6.25. The molecule has 0 aliphatic rings. The molecule has 0 saturated heterocycles. The molecule has 0 aliphatic carbocycles. The average molecular weight is 302 g/mol. The van der Waals surface area contributed by atoms with Gasteiger partial charge in [-0.25, -0.2) is 0 Å². The lowest BCUT2D eigenvalue weighted by atomic mass is 10.0. The lowest BCUT2D eigenvalue weighted by Gasteiger charge is -2.20. The van der Waals surface area contributed by atoms with Gasteiger partial charge in [-0.2, -0.15) is 0 Å². The van der Waals surface area contributed by atoms with E-state index in [2.05, 4.69) is 62.5 Å². The molecule has 1 nitrogen and oxygen atoms in total. The lowest BCUT2D eigenvalue weighted by molar-refractivity contribution is 0.677. The zero-order valence-electron chi connectivity index (χ0n) is 13.1. The van der Waals surface area contributed by atoms with E-state index in [4.69, 9.17) is 11.6 Å². The predicted octanol–water partition coefficient (Wildman–Crippen LogP) is 6.42. The van der Waals surface area contributed by atoms with Gasteiger partial charge >= 0.3 is 0 Å². The van der Waals surface area contributed by atoms with Gasteiger partial charge in [0.15, 0.2) is 0 Å². The van der Waals surface area contributed by atoms with Gasteiger partial charge in [0.2, 0.25) is 0 Å². The molecule has 0 radical (unpaired) electrons. The Bertz CT molecular complexity index is 543. The highest BCUT2D eigenvalue weighted by Crippen LogP contribution is 2.26. The molecule has 1 N–H and O–H groups in total. The molecule has 2 aromatic rings. The third kappa shape index (κ3) is 4.50. The Balaban J connectivity index is 2.13. The van der Waals surface area contributed by atoms with Crippen molar-refractivity contribution < 1.29 is 0 Å².